The van der Waals surface area contributed by atoms with Crippen molar-refractivity contribution in [2.24, 2.45) is 5.92 Å². The Kier molecular flexibility index (Phi) is 5.12. The van der Waals surface area contributed by atoms with Crippen molar-refractivity contribution in [1.82, 2.24) is 5.32 Å². The van der Waals surface area contributed by atoms with Gasteiger partial charge in [0.25, 0.3) is 5.91 Å². The van der Waals surface area contributed by atoms with Gasteiger partial charge in [-0.2, -0.15) is 0 Å². The second kappa shape index (κ2) is 6.15. The first-order chi connectivity index (χ1) is 7.93. The molecule has 1 N–H and O–H groups in total. The standard InChI is InChI=1S/C13H17BrFNO/c1-8-4-11(6-12(15)5-8)13(17)16-10(3)9(2)7-14/h4-6,9-10H,7H2,1-3H3,(H,16,17). The number of amides is 1. The van der Waals surface area contributed by atoms with Crippen molar-refractivity contribution in [1.29, 1.82) is 0 Å². The van der Waals surface area contributed by atoms with Gasteiger partial charge in [0.05, 0.1) is 0 Å². The van der Waals surface area contributed by atoms with E-state index in [-0.39, 0.29) is 17.8 Å². The molecule has 2 nitrogen and oxygen atoms in total. The maximum Gasteiger partial charge on any atom is 0.251 e. The summed E-state index contributed by atoms with van der Waals surface area (Å²) in [6, 6.07) is 4.39. The third-order valence-electron chi connectivity index (χ3n) is 2.76. The highest BCUT2D eigenvalue weighted by atomic mass is 79.9. The number of carbonyl (C=O) groups excluding carboxylic acids is 1. The molecule has 1 amide bonds. The Morgan fingerprint density at radius 1 is 1.41 bits per heavy atom. The van der Waals surface area contributed by atoms with Gasteiger partial charge in [-0.15, -0.1) is 0 Å². The zero-order valence-electron chi connectivity index (χ0n) is 10.3. The Morgan fingerprint density at radius 2 is 2.06 bits per heavy atom. The number of aryl methyl sites for hydroxylation is 1. The van der Waals surface area contributed by atoms with Crippen LogP contribution in [0.4, 0.5) is 4.39 Å². The molecule has 0 aliphatic heterocycles. The summed E-state index contributed by atoms with van der Waals surface area (Å²) in [6.45, 7) is 5.75. The summed E-state index contributed by atoms with van der Waals surface area (Å²) < 4.78 is 13.2. The largest absolute Gasteiger partial charge is 0.349 e. The molecule has 1 rings (SSSR count). The number of benzene rings is 1. The molecular formula is C13H17BrFNO. The zero-order chi connectivity index (χ0) is 13.0. The fourth-order valence-electron chi connectivity index (χ4n) is 1.43. The number of carbonyl (C=O) groups is 1. The van der Waals surface area contributed by atoms with Crippen molar-refractivity contribution in [2.75, 3.05) is 5.33 Å². The van der Waals surface area contributed by atoms with Crippen LogP contribution >= 0.6 is 15.9 Å². The molecule has 0 saturated carbocycles. The van der Waals surface area contributed by atoms with Gasteiger partial charge < -0.3 is 5.32 Å². The van der Waals surface area contributed by atoms with Crippen LogP contribution in [0.25, 0.3) is 0 Å². The SMILES string of the molecule is Cc1cc(F)cc(C(=O)NC(C)C(C)CBr)c1. The van der Waals surface area contributed by atoms with E-state index in [1.165, 1.54) is 12.1 Å². The third kappa shape index (κ3) is 4.11. The Labute approximate surface area is 110 Å². The van der Waals surface area contributed by atoms with E-state index < -0.39 is 0 Å². The van der Waals surface area contributed by atoms with Crippen molar-refractivity contribution in [2.45, 2.75) is 26.8 Å². The lowest BCUT2D eigenvalue weighted by molar-refractivity contribution is 0.0930. The first kappa shape index (κ1) is 14.2. The maximum absolute atomic E-state index is 13.2. The van der Waals surface area contributed by atoms with Crippen LogP contribution in [-0.2, 0) is 0 Å². The topological polar surface area (TPSA) is 29.1 Å². The van der Waals surface area contributed by atoms with Crippen molar-refractivity contribution < 1.29 is 9.18 Å². The lowest BCUT2D eigenvalue weighted by atomic mass is 10.1. The van der Waals surface area contributed by atoms with E-state index in [0.29, 0.717) is 11.5 Å². The Hall–Kier alpha value is -0.900. The van der Waals surface area contributed by atoms with Crippen LogP contribution in [0.15, 0.2) is 18.2 Å². The maximum atomic E-state index is 13.2. The quantitative estimate of drug-likeness (QED) is 0.850. The van der Waals surface area contributed by atoms with Crippen LogP contribution in [0.2, 0.25) is 0 Å². The minimum Gasteiger partial charge on any atom is -0.349 e. The van der Waals surface area contributed by atoms with Crippen molar-refractivity contribution >= 4 is 21.8 Å². The molecule has 0 spiro atoms. The molecule has 0 bridgehead atoms. The van der Waals surface area contributed by atoms with E-state index in [1.807, 2.05) is 13.8 Å². The molecule has 94 valence electrons. The summed E-state index contributed by atoms with van der Waals surface area (Å²) in [5, 5.41) is 3.68. The van der Waals surface area contributed by atoms with Crippen LogP contribution in [0.3, 0.4) is 0 Å². The molecule has 0 saturated heterocycles. The van der Waals surface area contributed by atoms with Gasteiger partial charge in [-0.1, -0.05) is 22.9 Å². The highest BCUT2D eigenvalue weighted by Crippen LogP contribution is 2.10. The zero-order valence-corrected chi connectivity index (χ0v) is 11.8. The van der Waals surface area contributed by atoms with Crippen LogP contribution in [0.1, 0.15) is 29.8 Å². The number of hydrogen-bond acceptors (Lipinski definition) is 1. The van der Waals surface area contributed by atoms with E-state index >= 15 is 0 Å². The summed E-state index contributed by atoms with van der Waals surface area (Å²) in [5.74, 6) is -0.280. The van der Waals surface area contributed by atoms with E-state index in [2.05, 4.69) is 21.2 Å². The van der Waals surface area contributed by atoms with E-state index in [4.69, 9.17) is 0 Å². The predicted octanol–water partition coefficient (Wildman–Crippen LogP) is 3.28. The van der Waals surface area contributed by atoms with Crippen LogP contribution in [0, 0.1) is 18.7 Å². The summed E-state index contributed by atoms with van der Waals surface area (Å²) in [4.78, 5) is 11.9. The monoisotopic (exact) mass is 301 g/mol. The Bertz CT molecular complexity index is 388. The lowest BCUT2D eigenvalue weighted by Gasteiger charge is -2.19. The molecule has 0 aliphatic rings. The first-order valence-corrected chi connectivity index (χ1v) is 6.70. The summed E-state index contributed by atoms with van der Waals surface area (Å²) in [5.41, 5.74) is 1.12. The lowest BCUT2D eigenvalue weighted by Crippen LogP contribution is -2.37. The average Bonchev–Trinajstić information content (AvgIpc) is 2.26. The average molecular weight is 302 g/mol. The van der Waals surface area contributed by atoms with E-state index in [1.54, 1.807) is 13.0 Å². The van der Waals surface area contributed by atoms with E-state index in [9.17, 15) is 9.18 Å². The second-order valence-electron chi connectivity index (χ2n) is 4.41. The van der Waals surface area contributed by atoms with Gasteiger partial charge in [0.2, 0.25) is 0 Å². The minimum absolute atomic E-state index is 0.0467. The van der Waals surface area contributed by atoms with Gasteiger partial charge in [-0.25, -0.2) is 4.39 Å². The number of halogens is 2. The van der Waals surface area contributed by atoms with Gasteiger partial charge in [0, 0.05) is 16.9 Å². The van der Waals surface area contributed by atoms with E-state index in [0.717, 1.165) is 10.9 Å². The molecule has 1 aromatic rings. The minimum atomic E-state index is -0.378. The molecule has 0 aliphatic carbocycles. The fourth-order valence-corrected chi connectivity index (χ4v) is 1.99. The number of nitrogens with one attached hydrogen (secondary N) is 1. The highest BCUT2D eigenvalue weighted by molar-refractivity contribution is 9.09. The number of hydrogen-bond donors (Lipinski definition) is 1. The van der Waals surface area contributed by atoms with Gasteiger partial charge in [-0.05, 0) is 43.5 Å². The molecule has 0 aromatic heterocycles. The van der Waals surface area contributed by atoms with Crippen molar-refractivity contribution in [3.8, 4) is 0 Å². The van der Waals surface area contributed by atoms with Crippen LogP contribution in [0.5, 0.6) is 0 Å². The summed E-state index contributed by atoms with van der Waals surface area (Å²) in [6.07, 6.45) is 0. The molecule has 0 fully saturated rings. The third-order valence-corrected chi connectivity index (χ3v) is 3.78. The molecule has 2 unspecified atom stereocenters. The highest BCUT2D eigenvalue weighted by Gasteiger charge is 2.15. The van der Waals surface area contributed by atoms with Crippen molar-refractivity contribution in [3.05, 3.63) is 35.1 Å². The molecule has 0 heterocycles. The van der Waals surface area contributed by atoms with Crippen LogP contribution < -0.4 is 5.32 Å². The summed E-state index contributed by atoms with van der Waals surface area (Å²) >= 11 is 3.37. The Balaban J connectivity index is 2.76. The molecular weight excluding hydrogens is 285 g/mol. The molecule has 2 atom stereocenters. The predicted molar refractivity (Wildman–Crippen MR) is 71.0 cm³/mol. The van der Waals surface area contributed by atoms with Gasteiger partial charge >= 0.3 is 0 Å². The Morgan fingerprint density at radius 3 is 2.59 bits per heavy atom. The van der Waals surface area contributed by atoms with Gasteiger partial charge in [0.1, 0.15) is 5.82 Å². The number of rotatable bonds is 4. The molecule has 17 heavy (non-hydrogen) atoms. The molecule has 1 aromatic carbocycles. The molecule has 4 heteroatoms. The summed E-state index contributed by atoms with van der Waals surface area (Å²) in [7, 11) is 0. The molecule has 0 radical (unpaired) electrons. The van der Waals surface area contributed by atoms with Gasteiger partial charge in [-0.3, -0.25) is 4.79 Å². The van der Waals surface area contributed by atoms with Crippen LogP contribution in [-0.4, -0.2) is 17.3 Å². The smallest absolute Gasteiger partial charge is 0.251 e. The fraction of sp³-hybridized carbons (Fsp3) is 0.462. The van der Waals surface area contributed by atoms with Gasteiger partial charge in [0.15, 0.2) is 0 Å². The second-order valence-corrected chi connectivity index (χ2v) is 5.06. The normalized spacial score (nSPS) is 14.2. The van der Waals surface area contributed by atoms with Crippen molar-refractivity contribution in [3.63, 3.8) is 0 Å². The number of alkyl halides is 1. The first-order valence-electron chi connectivity index (χ1n) is 5.58.